The third-order valence-electron chi connectivity index (χ3n) is 3.83. The summed E-state index contributed by atoms with van der Waals surface area (Å²) in [4.78, 5) is 21.6. The lowest BCUT2D eigenvalue weighted by Gasteiger charge is -2.14. The van der Waals surface area contributed by atoms with Gasteiger partial charge in [-0.15, -0.1) is 0 Å². The fourth-order valence-corrected chi connectivity index (χ4v) is 2.50. The molecule has 0 fully saturated rings. The standard InChI is InChI=1S/C19H22N4O2/c1-23(2)14-6-5-7-15(12-14)25-13-19(24)20-11-10-18-21-16-8-3-4-9-17(16)22-18/h3-9,12H,10-11,13H2,1-2H3,(H,20,24)(H,21,22). The number of hydrogen-bond acceptors (Lipinski definition) is 4. The van der Waals surface area contributed by atoms with E-state index in [4.69, 9.17) is 4.74 Å². The predicted octanol–water partition coefficient (Wildman–Crippen LogP) is 2.37. The van der Waals surface area contributed by atoms with Crippen molar-refractivity contribution in [2.75, 3.05) is 32.1 Å². The first-order chi connectivity index (χ1) is 12.1. The molecule has 2 aromatic carbocycles. The van der Waals surface area contributed by atoms with Crippen LogP contribution < -0.4 is 15.0 Å². The van der Waals surface area contributed by atoms with E-state index in [0.717, 1.165) is 22.5 Å². The van der Waals surface area contributed by atoms with Crippen LogP contribution in [-0.4, -0.2) is 43.1 Å². The second-order valence-corrected chi connectivity index (χ2v) is 5.98. The van der Waals surface area contributed by atoms with Gasteiger partial charge in [-0.1, -0.05) is 18.2 Å². The molecule has 0 spiro atoms. The Bertz CT molecular complexity index is 824. The number of anilines is 1. The number of ether oxygens (including phenoxy) is 1. The lowest BCUT2D eigenvalue weighted by atomic mass is 10.3. The Morgan fingerprint density at radius 2 is 2.04 bits per heavy atom. The van der Waals surface area contributed by atoms with Crippen LogP contribution in [0.15, 0.2) is 48.5 Å². The van der Waals surface area contributed by atoms with Crippen molar-refractivity contribution in [2.24, 2.45) is 0 Å². The molecule has 0 bridgehead atoms. The summed E-state index contributed by atoms with van der Waals surface area (Å²) in [5.74, 6) is 1.39. The van der Waals surface area contributed by atoms with E-state index in [1.807, 2.05) is 67.5 Å². The molecular weight excluding hydrogens is 316 g/mol. The van der Waals surface area contributed by atoms with Gasteiger partial charge >= 0.3 is 0 Å². The molecular formula is C19H22N4O2. The molecule has 3 rings (SSSR count). The lowest BCUT2D eigenvalue weighted by molar-refractivity contribution is -0.123. The zero-order chi connectivity index (χ0) is 17.6. The maximum absolute atomic E-state index is 11.9. The number of carbonyl (C=O) groups is 1. The first kappa shape index (κ1) is 16.8. The number of para-hydroxylation sites is 2. The Morgan fingerprint density at radius 1 is 1.20 bits per heavy atom. The molecule has 3 aromatic rings. The normalized spacial score (nSPS) is 10.6. The number of nitrogens with one attached hydrogen (secondary N) is 2. The van der Waals surface area contributed by atoms with Crippen LogP contribution in [0.1, 0.15) is 5.82 Å². The first-order valence-electron chi connectivity index (χ1n) is 8.22. The van der Waals surface area contributed by atoms with Gasteiger partial charge in [-0.3, -0.25) is 4.79 Å². The molecule has 1 aromatic heterocycles. The van der Waals surface area contributed by atoms with Gasteiger partial charge < -0.3 is 19.9 Å². The van der Waals surface area contributed by atoms with Gasteiger partial charge in [0.1, 0.15) is 11.6 Å². The number of aromatic nitrogens is 2. The smallest absolute Gasteiger partial charge is 0.257 e. The minimum absolute atomic E-state index is 0.00296. The van der Waals surface area contributed by atoms with Crippen molar-refractivity contribution < 1.29 is 9.53 Å². The second-order valence-electron chi connectivity index (χ2n) is 5.98. The number of imidazole rings is 1. The van der Waals surface area contributed by atoms with E-state index in [9.17, 15) is 4.79 Å². The number of hydrogen-bond donors (Lipinski definition) is 2. The molecule has 6 heteroatoms. The van der Waals surface area contributed by atoms with Crippen LogP contribution in [-0.2, 0) is 11.2 Å². The third-order valence-corrected chi connectivity index (χ3v) is 3.83. The Labute approximate surface area is 146 Å². The molecule has 0 aliphatic rings. The zero-order valence-electron chi connectivity index (χ0n) is 14.5. The first-order valence-corrected chi connectivity index (χ1v) is 8.22. The fourth-order valence-electron chi connectivity index (χ4n) is 2.50. The monoisotopic (exact) mass is 338 g/mol. The fraction of sp³-hybridized carbons (Fsp3) is 0.263. The number of carbonyl (C=O) groups excluding carboxylic acids is 1. The van der Waals surface area contributed by atoms with Gasteiger partial charge in [0.05, 0.1) is 11.0 Å². The van der Waals surface area contributed by atoms with Crippen molar-refractivity contribution in [1.29, 1.82) is 0 Å². The summed E-state index contributed by atoms with van der Waals surface area (Å²) in [7, 11) is 3.92. The molecule has 2 N–H and O–H groups in total. The highest BCUT2D eigenvalue weighted by atomic mass is 16.5. The molecule has 0 aliphatic heterocycles. The van der Waals surface area contributed by atoms with Crippen LogP contribution in [0.5, 0.6) is 5.75 Å². The summed E-state index contributed by atoms with van der Waals surface area (Å²) in [6.07, 6.45) is 0.649. The van der Waals surface area contributed by atoms with Gasteiger partial charge in [0.15, 0.2) is 6.61 Å². The molecule has 1 amide bonds. The summed E-state index contributed by atoms with van der Waals surface area (Å²) in [5.41, 5.74) is 2.98. The van der Waals surface area contributed by atoms with Gasteiger partial charge in [0, 0.05) is 38.8 Å². The number of fused-ring (bicyclic) bond motifs is 1. The van der Waals surface area contributed by atoms with Crippen molar-refractivity contribution in [3.05, 3.63) is 54.4 Å². The minimum Gasteiger partial charge on any atom is -0.484 e. The van der Waals surface area contributed by atoms with Crippen LogP contribution in [0.25, 0.3) is 11.0 Å². The zero-order valence-corrected chi connectivity index (χ0v) is 14.5. The van der Waals surface area contributed by atoms with Crippen LogP contribution >= 0.6 is 0 Å². The number of benzene rings is 2. The van der Waals surface area contributed by atoms with E-state index in [2.05, 4.69) is 15.3 Å². The van der Waals surface area contributed by atoms with Crippen molar-refractivity contribution in [3.63, 3.8) is 0 Å². The van der Waals surface area contributed by atoms with Crippen LogP contribution in [0.2, 0.25) is 0 Å². The highest BCUT2D eigenvalue weighted by Gasteiger charge is 2.06. The predicted molar refractivity (Wildman–Crippen MR) is 99.1 cm³/mol. The lowest BCUT2D eigenvalue weighted by Crippen LogP contribution is -2.30. The van der Waals surface area contributed by atoms with Crippen molar-refractivity contribution in [2.45, 2.75) is 6.42 Å². The average molecular weight is 338 g/mol. The Morgan fingerprint density at radius 3 is 2.84 bits per heavy atom. The number of aromatic amines is 1. The van der Waals surface area contributed by atoms with Gasteiger partial charge in [0.2, 0.25) is 0 Å². The third kappa shape index (κ3) is 4.50. The number of amides is 1. The van der Waals surface area contributed by atoms with E-state index < -0.39 is 0 Å². The Balaban J connectivity index is 1.44. The maximum Gasteiger partial charge on any atom is 0.257 e. The molecule has 25 heavy (non-hydrogen) atoms. The largest absolute Gasteiger partial charge is 0.484 e. The van der Waals surface area contributed by atoms with Crippen LogP contribution in [0.4, 0.5) is 5.69 Å². The summed E-state index contributed by atoms with van der Waals surface area (Å²) >= 11 is 0. The van der Waals surface area contributed by atoms with Crippen molar-refractivity contribution >= 4 is 22.6 Å². The maximum atomic E-state index is 11.9. The molecule has 0 unspecified atom stereocenters. The molecule has 1 heterocycles. The Hall–Kier alpha value is -3.02. The number of H-pyrrole nitrogens is 1. The van der Waals surface area contributed by atoms with Crippen LogP contribution in [0.3, 0.4) is 0 Å². The highest BCUT2D eigenvalue weighted by molar-refractivity contribution is 5.77. The van der Waals surface area contributed by atoms with E-state index >= 15 is 0 Å². The van der Waals surface area contributed by atoms with Crippen molar-refractivity contribution in [1.82, 2.24) is 15.3 Å². The van der Waals surface area contributed by atoms with Crippen molar-refractivity contribution in [3.8, 4) is 5.75 Å². The molecule has 0 aliphatic carbocycles. The topological polar surface area (TPSA) is 70.2 Å². The highest BCUT2D eigenvalue weighted by Crippen LogP contribution is 2.19. The van der Waals surface area contributed by atoms with E-state index in [1.165, 1.54) is 0 Å². The van der Waals surface area contributed by atoms with Gasteiger partial charge in [0.25, 0.3) is 5.91 Å². The van der Waals surface area contributed by atoms with E-state index in [0.29, 0.717) is 18.7 Å². The molecule has 130 valence electrons. The van der Waals surface area contributed by atoms with E-state index in [-0.39, 0.29) is 12.5 Å². The van der Waals surface area contributed by atoms with Gasteiger partial charge in [-0.2, -0.15) is 0 Å². The second kappa shape index (κ2) is 7.70. The minimum atomic E-state index is -0.147. The number of nitrogens with zero attached hydrogens (tertiary/aromatic N) is 2. The van der Waals surface area contributed by atoms with Gasteiger partial charge in [-0.05, 0) is 24.3 Å². The SMILES string of the molecule is CN(C)c1cccc(OCC(=O)NCCc2nc3ccccc3[nH]2)c1. The number of rotatable bonds is 7. The summed E-state index contributed by atoms with van der Waals surface area (Å²) in [6, 6.07) is 15.5. The average Bonchev–Trinajstić information content (AvgIpc) is 3.03. The van der Waals surface area contributed by atoms with Crippen LogP contribution in [0, 0.1) is 0 Å². The van der Waals surface area contributed by atoms with E-state index in [1.54, 1.807) is 0 Å². The molecule has 0 radical (unpaired) electrons. The molecule has 0 saturated heterocycles. The quantitative estimate of drug-likeness (QED) is 0.694. The van der Waals surface area contributed by atoms with Gasteiger partial charge in [-0.25, -0.2) is 4.98 Å². The molecule has 6 nitrogen and oxygen atoms in total. The molecule has 0 atom stereocenters. The Kier molecular flexibility index (Phi) is 5.18. The summed E-state index contributed by atoms with van der Waals surface area (Å²) in [5, 5.41) is 2.85. The summed E-state index contributed by atoms with van der Waals surface area (Å²) < 4.78 is 5.55. The summed E-state index contributed by atoms with van der Waals surface area (Å²) in [6.45, 7) is 0.511. The molecule has 0 saturated carbocycles.